The smallest absolute Gasteiger partial charge is 0.111 e. The van der Waals surface area contributed by atoms with Crippen molar-refractivity contribution in [3.8, 4) is 0 Å². The highest BCUT2D eigenvalue weighted by molar-refractivity contribution is 5.75. The molecule has 1 unspecified atom stereocenters. The second kappa shape index (κ2) is 5.94. The monoisotopic (exact) mass is 272 g/mol. The number of aromatic nitrogens is 2. The van der Waals surface area contributed by atoms with Gasteiger partial charge in [0.25, 0.3) is 0 Å². The van der Waals surface area contributed by atoms with E-state index >= 15 is 0 Å². The SMILES string of the molecule is Cn1c(CC(CC2CCCC2)NN)nc2ccccc21. The Morgan fingerprint density at radius 3 is 2.80 bits per heavy atom. The molecule has 3 N–H and O–H groups in total. The topological polar surface area (TPSA) is 55.9 Å². The lowest BCUT2D eigenvalue weighted by molar-refractivity contribution is 0.383. The normalized spacial score (nSPS) is 17.9. The van der Waals surface area contributed by atoms with E-state index in [9.17, 15) is 0 Å². The maximum atomic E-state index is 5.76. The maximum Gasteiger partial charge on any atom is 0.111 e. The molecule has 0 amide bonds. The predicted molar refractivity (Wildman–Crippen MR) is 82.1 cm³/mol. The summed E-state index contributed by atoms with van der Waals surface area (Å²) in [4.78, 5) is 4.74. The van der Waals surface area contributed by atoms with Crippen molar-refractivity contribution in [1.82, 2.24) is 15.0 Å². The average Bonchev–Trinajstić information content (AvgIpc) is 3.08. The predicted octanol–water partition coefficient (Wildman–Crippen LogP) is 2.53. The Bertz CT molecular complexity index is 569. The lowest BCUT2D eigenvalue weighted by atomic mass is 9.97. The third-order valence-electron chi connectivity index (χ3n) is 4.64. The summed E-state index contributed by atoms with van der Waals surface area (Å²) < 4.78 is 2.19. The van der Waals surface area contributed by atoms with Crippen LogP contribution in [0.3, 0.4) is 0 Å². The Morgan fingerprint density at radius 2 is 2.10 bits per heavy atom. The Balaban J connectivity index is 1.74. The summed E-state index contributed by atoms with van der Waals surface area (Å²) in [6.45, 7) is 0. The largest absolute Gasteiger partial charge is 0.331 e. The Morgan fingerprint density at radius 1 is 1.35 bits per heavy atom. The van der Waals surface area contributed by atoms with Crippen molar-refractivity contribution < 1.29 is 0 Å². The number of imidazole rings is 1. The van der Waals surface area contributed by atoms with Crippen LogP contribution in [0.15, 0.2) is 24.3 Å². The molecule has 108 valence electrons. The number of nitrogens with two attached hydrogens (primary N) is 1. The molecule has 4 heteroatoms. The highest BCUT2D eigenvalue weighted by Crippen LogP contribution is 2.29. The van der Waals surface area contributed by atoms with Crippen molar-refractivity contribution in [1.29, 1.82) is 0 Å². The van der Waals surface area contributed by atoms with Gasteiger partial charge >= 0.3 is 0 Å². The van der Waals surface area contributed by atoms with E-state index in [1.54, 1.807) is 0 Å². The van der Waals surface area contributed by atoms with Crippen molar-refractivity contribution in [2.24, 2.45) is 18.8 Å². The first-order chi connectivity index (χ1) is 9.78. The molecule has 20 heavy (non-hydrogen) atoms. The number of hydrogen-bond donors (Lipinski definition) is 2. The zero-order valence-electron chi connectivity index (χ0n) is 12.2. The van der Waals surface area contributed by atoms with Gasteiger partial charge in [-0.25, -0.2) is 4.98 Å². The number of para-hydroxylation sites is 2. The quantitative estimate of drug-likeness (QED) is 0.649. The highest BCUT2D eigenvalue weighted by Gasteiger charge is 2.21. The van der Waals surface area contributed by atoms with Crippen molar-refractivity contribution in [3.63, 3.8) is 0 Å². The van der Waals surface area contributed by atoms with E-state index in [1.165, 1.54) is 37.6 Å². The van der Waals surface area contributed by atoms with Crippen LogP contribution in [0.4, 0.5) is 0 Å². The van der Waals surface area contributed by atoms with Crippen LogP contribution in [0.2, 0.25) is 0 Å². The Hall–Kier alpha value is -1.39. The number of hydrazine groups is 1. The van der Waals surface area contributed by atoms with Gasteiger partial charge in [-0.3, -0.25) is 11.3 Å². The summed E-state index contributed by atoms with van der Waals surface area (Å²) in [7, 11) is 2.09. The molecule has 4 nitrogen and oxygen atoms in total. The standard InChI is InChI=1S/C16H24N4/c1-20-15-9-5-4-8-14(15)18-16(20)11-13(19-17)10-12-6-2-3-7-12/h4-5,8-9,12-13,19H,2-3,6-7,10-11,17H2,1H3. The molecular formula is C16H24N4. The van der Waals surface area contributed by atoms with Crippen LogP contribution in [0.25, 0.3) is 11.0 Å². The first-order valence-corrected chi connectivity index (χ1v) is 7.64. The van der Waals surface area contributed by atoms with E-state index in [0.29, 0.717) is 6.04 Å². The highest BCUT2D eigenvalue weighted by atomic mass is 15.2. The van der Waals surface area contributed by atoms with Crippen molar-refractivity contribution in [2.75, 3.05) is 0 Å². The van der Waals surface area contributed by atoms with Crippen LogP contribution in [0, 0.1) is 5.92 Å². The van der Waals surface area contributed by atoms with Gasteiger partial charge in [0.1, 0.15) is 5.82 Å². The molecule has 0 radical (unpaired) electrons. The summed E-state index contributed by atoms with van der Waals surface area (Å²) in [5.41, 5.74) is 5.26. The minimum atomic E-state index is 0.327. The van der Waals surface area contributed by atoms with Crippen LogP contribution < -0.4 is 11.3 Å². The molecule has 0 aliphatic heterocycles. The van der Waals surface area contributed by atoms with Crippen LogP contribution in [0.1, 0.15) is 37.9 Å². The molecule has 1 atom stereocenters. The third kappa shape index (κ3) is 2.72. The zero-order chi connectivity index (χ0) is 13.9. The molecule has 3 rings (SSSR count). The van der Waals surface area contributed by atoms with Crippen LogP contribution in [0.5, 0.6) is 0 Å². The van der Waals surface area contributed by atoms with Gasteiger partial charge in [-0.05, 0) is 24.5 Å². The van der Waals surface area contributed by atoms with Crippen LogP contribution in [-0.2, 0) is 13.5 Å². The number of rotatable bonds is 5. The van der Waals surface area contributed by atoms with E-state index in [1.807, 2.05) is 6.07 Å². The molecule has 1 heterocycles. The molecule has 1 saturated carbocycles. The van der Waals surface area contributed by atoms with Gasteiger partial charge in [-0.1, -0.05) is 37.8 Å². The van der Waals surface area contributed by atoms with E-state index in [0.717, 1.165) is 23.7 Å². The number of benzene rings is 1. The fourth-order valence-electron chi connectivity index (χ4n) is 3.46. The molecule has 0 spiro atoms. The van der Waals surface area contributed by atoms with Gasteiger partial charge in [0.05, 0.1) is 11.0 Å². The van der Waals surface area contributed by atoms with Gasteiger partial charge < -0.3 is 4.57 Å². The Labute approximate surface area is 120 Å². The molecule has 0 saturated heterocycles. The minimum Gasteiger partial charge on any atom is -0.331 e. The number of aryl methyl sites for hydroxylation is 1. The summed E-state index contributed by atoms with van der Waals surface area (Å²) in [6.07, 6.45) is 7.56. The lowest BCUT2D eigenvalue weighted by Crippen LogP contribution is -2.38. The lowest BCUT2D eigenvalue weighted by Gasteiger charge is -2.19. The van der Waals surface area contributed by atoms with E-state index < -0.39 is 0 Å². The van der Waals surface area contributed by atoms with Gasteiger partial charge in [-0.2, -0.15) is 0 Å². The third-order valence-corrected chi connectivity index (χ3v) is 4.64. The summed E-state index contributed by atoms with van der Waals surface area (Å²) in [5.74, 6) is 7.71. The minimum absolute atomic E-state index is 0.327. The molecule has 0 bridgehead atoms. The number of nitrogens with one attached hydrogen (secondary N) is 1. The number of fused-ring (bicyclic) bond motifs is 1. The number of hydrogen-bond acceptors (Lipinski definition) is 3. The van der Waals surface area contributed by atoms with E-state index in [2.05, 4.69) is 35.2 Å². The summed E-state index contributed by atoms with van der Waals surface area (Å²) in [5, 5.41) is 0. The molecule has 1 aliphatic carbocycles. The first kappa shape index (κ1) is 13.6. The van der Waals surface area contributed by atoms with Gasteiger partial charge in [0.15, 0.2) is 0 Å². The second-order valence-corrected chi connectivity index (χ2v) is 6.03. The molecule has 1 aliphatic rings. The van der Waals surface area contributed by atoms with Crippen LogP contribution >= 0.6 is 0 Å². The summed E-state index contributed by atoms with van der Waals surface area (Å²) >= 11 is 0. The van der Waals surface area contributed by atoms with Gasteiger partial charge in [0.2, 0.25) is 0 Å². The van der Waals surface area contributed by atoms with Crippen molar-refractivity contribution in [2.45, 2.75) is 44.6 Å². The fourth-order valence-corrected chi connectivity index (χ4v) is 3.46. The molecule has 1 fully saturated rings. The fraction of sp³-hybridized carbons (Fsp3) is 0.562. The van der Waals surface area contributed by atoms with E-state index in [4.69, 9.17) is 10.8 Å². The van der Waals surface area contributed by atoms with Crippen LogP contribution in [-0.4, -0.2) is 15.6 Å². The molecule has 1 aromatic heterocycles. The van der Waals surface area contributed by atoms with E-state index in [-0.39, 0.29) is 0 Å². The van der Waals surface area contributed by atoms with Crippen molar-refractivity contribution in [3.05, 3.63) is 30.1 Å². The van der Waals surface area contributed by atoms with Crippen molar-refractivity contribution >= 4 is 11.0 Å². The number of nitrogens with zero attached hydrogens (tertiary/aromatic N) is 2. The maximum absolute atomic E-state index is 5.76. The molecular weight excluding hydrogens is 248 g/mol. The molecule has 1 aromatic carbocycles. The zero-order valence-corrected chi connectivity index (χ0v) is 12.2. The molecule has 2 aromatic rings. The Kier molecular flexibility index (Phi) is 4.03. The van der Waals surface area contributed by atoms with Gasteiger partial charge in [-0.15, -0.1) is 0 Å². The summed E-state index contributed by atoms with van der Waals surface area (Å²) in [6, 6.07) is 8.61. The average molecular weight is 272 g/mol. The van der Waals surface area contributed by atoms with Gasteiger partial charge in [0, 0.05) is 19.5 Å². The second-order valence-electron chi connectivity index (χ2n) is 6.03. The first-order valence-electron chi connectivity index (χ1n) is 7.64.